The minimum absolute atomic E-state index is 0.0722. The van der Waals surface area contributed by atoms with Gasteiger partial charge in [-0.05, 0) is 56.0 Å². The van der Waals surface area contributed by atoms with Gasteiger partial charge >= 0.3 is 6.03 Å². The predicted octanol–water partition coefficient (Wildman–Crippen LogP) is 3.86. The molecule has 0 bridgehead atoms. The summed E-state index contributed by atoms with van der Waals surface area (Å²) in [4.78, 5) is 14.8. The highest BCUT2D eigenvalue weighted by atomic mass is 16.6. The number of nitrogens with zero attached hydrogens (tertiary/aromatic N) is 1. The Hall–Kier alpha value is -2.69. The molecule has 1 N–H and O–H groups in total. The van der Waals surface area contributed by atoms with Gasteiger partial charge in [-0.1, -0.05) is 24.3 Å². The summed E-state index contributed by atoms with van der Waals surface area (Å²) in [5.41, 5.74) is 2.69. The molecule has 2 aliphatic rings. The summed E-state index contributed by atoms with van der Waals surface area (Å²) in [5, 5.41) is 3.18. The molecule has 2 heterocycles. The van der Waals surface area contributed by atoms with E-state index < -0.39 is 5.54 Å². The Morgan fingerprint density at radius 3 is 2.69 bits per heavy atom. The van der Waals surface area contributed by atoms with Gasteiger partial charge in [0.15, 0.2) is 11.5 Å². The van der Waals surface area contributed by atoms with E-state index in [1.165, 1.54) is 5.56 Å². The lowest BCUT2D eigenvalue weighted by atomic mass is 9.93. The van der Waals surface area contributed by atoms with Crippen molar-refractivity contribution in [1.29, 1.82) is 0 Å². The van der Waals surface area contributed by atoms with Crippen LogP contribution in [0.2, 0.25) is 0 Å². The Labute approximate surface area is 153 Å². The minimum Gasteiger partial charge on any atom is -0.486 e. The second-order valence-corrected chi connectivity index (χ2v) is 7.30. The molecular formula is C21H24N2O3. The van der Waals surface area contributed by atoms with Crippen LogP contribution in [-0.4, -0.2) is 25.8 Å². The molecule has 0 aromatic heterocycles. The van der Waals surface area contributed by atoms with Gasteiger partial charge in [0, 0.05) is 12.2 Å². The second-order valence-electron chi connectivity index (χ2n) is 7.30. The molecule has 2 aromatic carbocycles. The van der Waals surface area contributed by atoms with Gasteiger partial charge in [-0.15, -0.1) is 0 Å². The molecule has 0 radical (unpaired) electrons. The third-order valence-electron chi connectivity index (χ3n) is 5.04. The van der Waals surface area contributed by atoms with Crippen LogP contribution in [0.4, 0.5) is 10.5 Å². The quantitative estimate of drug-likeness (QED) is 0.893. The van der Waals surface area contributed by atoms with Crippen molar-refractivity contribution in [3.63, 3.8) is 0 Å². The third-order valence-corrected chi connectivity index (χ3v) is 5.04. The van der Waals surface area contributed by atoms with Crippen LogP contribution in [0.5, 0.6) is 11.5 Å². The van der Waals surface area contributed by atoms with Gasteiger partial charge in [-0.3, -0.25) is 4.90 Å². The van der Waals surface area contributed by atoms with Crippen LogP contribution in [0.1, 0.15) is 31.4 Å². The number of carbonyl (C=O) groups excluding carboxylic acids is 1. The summed E-state index contributed by atoms with van der Waals surface area (Å²) >= 11 is 0. The first-order valence-corrected chi connectivity index (χ1v) is 9.12. The number of fused-ring (bicyclic) bond motifs is 2. The highest BCUT2D eigenvalue weighted by molar-refractivity contribution is 5.93. The fraction of sp³-hybridized carbons (Fsp3) is 0.381. The number of aryl methyl sites for hydroxylation is 1. The maximum absolute atomic E-state index is 13.0. The van der Waals surface area contributed by atoms with Gasteiger partial charge in [-0.25, -0.2) is 4.79 Å². The van der Waals surface area contributed by atoms with Crippen molar-refractivity contribution < 1.29 is 14.3 Å². The molecule has 0 unspecified atom stereocenters. The number of anilines is 1. The zero-order valence-electron chi connectivity index (χ0n) is 15.2. The SMILES string of the molecule is CC(C)(NC(=O)N1CCCc2ccccc21)c1ccc2c(c1)OCCO2. The molecule has 0 spiro atoms. The minimum atomic E-state index is -0.528. The van der Waals surface area contributed by atoms with Crippen LogP contribution in [0.15, 0.2) is 42.5 Å². The molecule has 4 rings (SSSR count). The van der Waals surface area contributed by atoms with Crippen molar-refractivity contribution in [3.05, 3.63) is 53.6 Å². The van der Waals surface area contributed by atoms with Gasteiger partial charge in [0.25, 0.3) is 0 Å². The predicted molar refractivity (Wildman–Crippen MR) is 101 cm³/mol. The Morgan fingerprint density at radius 1 is 1.08 bits per heavy atom. The average Bonchev–Trinajstić information content (AvgIpc) is 2.66. The number of hydrogen-bond donors (Lipinski definition) is 1. The summed E-state index contributed by atoms with van der Waals surface area (Å²) in [5.74, 6) is 1.49. The van der Waals surface area contributed by atoms with Crippen molar-refractivity contribution in [2.45, 2.75) is 32.2 Å². The van der Waals surface area contributed by atoms with Crippen molar-refractivity contribution in [2.75, 3.05) is 24.7 Å². The topological polar surface area (TPSA) is 50.8 Å². The lowest BCUT2D eigenvalue weighted by Crippen LogP contribution is -2.50. The molecule has 2 aliphatic heterocycles. The number of ether oxygens (including phenoxy) is 2. The van der Waals surface area contributed by atoms with E-state index >= 15 is 0 Å². The molecule has 0 fully saturated rings. The number of carbonyl (C=O) groups is 1. The van der Waals surface area contributed by atoms with E-state index in [2.05, 4.69) is 11.4 Å². The van der Waals surface area contributed by atoms with E-state index in [1.54, 1.807) is 0 Å². The van der Waals surface area contributed by atoms with Crippen molar-refractivity contribution >= 4 is 11.7 Å². The molecule has 0 atom stereocenters. The van der Waals surface area contributed by atoms with Gasteiger partial charge in [0.2, 0.25) is 0 Å². The molecule has 5 heteroatoms. The molecule has 0 saturated heterocycles. The van der Waals surface area contributed by atoms with E-state index in [0.717, 1.165) is 42.1 Å². The normalized spacial score (nSPS) is 16.0. The van der Waals surface area contributed by atoms with Crippen LogP contribution < -0.4 is 19.7 Å². The highest BCUT2D eigenvalue weighted by Crippen LogP contribution is 2.35. The fourth-order valence-corrected chi connectivity index (χ4v) is 3.58. The first-order valence-electron chi connectivity index (χ1n) is 9.12. The highest BCUT2D eigenvalue weighted by Gasteiger charge is 2.29. The van der Waals surface area contributed by atoms with Gasteiger partial charge < -0.3 is 14.8 Å². The van der Waals surface area contributed by atoms with E-state index in [-0.39, 0.29) is 6.03 Å². The van der Waals surface area contributed by atoms with Crippen LogP contribution in [-0.2, 0) is 12.0 Å². The summed E-state index contributed by atoms with van der Waals surface area (Å²) < 4.78 is 11.3. The molecule has 2 amide bonds. The average molecular weight is 352 g/mol. The van der Waals surface area contributed by atoms with Crippen LogP contribution in [0.3, 0.4) is 0 Å². The summed E-state index contributed by atoms with van der Waals surface area (Å²) in [6, 6.07) is 13.9. The second kappa shape index (κ2) is 6.56. The maximum atomic E-state index is 13.0. The molecule has 2 aromatic rings. The maximum Gasteiger partial charge on any atom is 0.322 e. The standard InChI is InChI=1S/C21H24N2O3/c1-21(2,16-9-10-18-19(14-16)26-13-12-25-18)22-20(24)23-11-5-7-15-6-3-4-8-17(15)23/h3-4,6,8-10,14H,5,7,11-13H2,1-2H3,(H,22,24). The number of benzene rings is 2. The zero-order chi connectivity index (χ0) is 18.1. The van der Waals surface area contributed by atoms with E-state index in [0.29, 0.717) is 13.2 Å². The molecular weight excluding hydrogens is 328 g/mol. The van der Waals surface area contributed by atoms with Crippen LogP contribution >= 0.6 is 0 Å². The lowest BCUT2D eigenvalue weighted by molar-refractivity contribution is 0.171. The van der Waals surface area contributed by atoms with E-state index in [4.69, 9.17) is 9.47 Å². The summed E-state index contributed by atoms with van der Waals surface area (Å²) in [7, 11) is 0. The van der Waals surface area contributed by atoms with Gasteiger partial charge in [0.05, 0.1) is 5.54 Å². The lowest BCUT2D eigenvalue weighted by Gasteiger charge is -2.34. The number of amides is 2. The van der Waals surface area contributed by atoms with Crippen LogP contribution in [0, 0.1) is 0 Å². The number of rotatable bonds is 2. The van der Waals surface area contributed by atoms with Crippen molar-refractivity contribution in [2.24, 2.45) is 0 Å². The van der Waals surface area contributed by atoms with Crippen molar-refractivity contribution in [3.8, 4) is 11.5 Å². The first kappa shape index (κ1) is 16.8. The number of para-hydroxylation sites is 1. The van der Waals surface area contributed by atoms with E-state index in [1.807, 2.05) is 55.1 Å². The Morgan fingerprint density at radius 2 is 1.85 bits per heavy atom. The van der Waals surface area contributed by atoms with Crippen molar-refractivity contribution in [1.82, 2.24) is 5.32 Å². The Kier molecular flexibility index (Phi) is 4.23. The molecule has 136 valence electrons. The third kappa shape index (κ3) is 3.09. The van der Waals surface area contributed by atoms with E-state index in [9.17, 15) is 4.79 Å². The number of hydrogen-bond acceptors (Lipinski definition) is 3. The largest absolute Gasteiger partial charge is 0.486 e. The first-order chi connectivity index (χ1) is 12.5. The number of urea groups is 1. The monoisotopic (exact) mass is 352 g/mol. The molecule has 5 nitrogen and oxygen atoms in total. The van der Waals surface area contributed by atoms with Gasteiger partial charge in [-0.2, -0.15) is 0 Å². The Balaban J connectivity index is 1.55. The smallest absolute Gasteiger partial charge is 0.322 e. The molecule has 26 heavy (non-hydrogen) atoms. The summed E-state index contributed by atoms with van der Waals surface area (Å²) in [6.45, 7) is 5.87. The zero-order valence-corrected chi connectivity index (χ0v) is 15.2. The summed E-state index contributed by atoms with van der Waals surface area (Å²) in [6.07, 6.45) is 2.00. The Bertz CT molecular complexity index is 832. The van der Waals surface area contributed by atoms with Crippen LogP contribution in [0.25, 0.3) is 0 Å². The van der Waals surface area contributed by atoms with Gasteiger partial charge in [0.1, 0.15) is 13.2 Å². The fourth-order valence-electron chi connectivity index (χ4n) is 3.58. The number of nitrogens with one attached hydrogen (secondary N) is 1. The molecule has 0 aliphatic carbocycles. The molecule has 0 saturated carbocycles.